The highest BCUT2D eigenvalue weighted by molar-refractivity contribution is 5.48. The molecule has 2 N–H and O–H groups in total. The number of rotatable bonds is 4. The van der Waals surface area contributed by atoms with E-state index in [2.05, 4.69) is 43.7 Å². The van der Waals surface area contributed by atoms with Gasteiger partial charge in [0.15, 0.2) is 0 Å². The van der Waals surface area contributed by atoms with Gasteiger partial charge in [0.1, 0.15) is 5.82 Å². The summed E-state index contributed by atoms with van der Waals surface area (Å²) < 4.78 is 0. The number of aryl methyl sites for hydroxylation is 1. The monoisotopic (exact) mass is 276 g/mol. The van der Waals surface area contributed by atoms with E-state index in [1.165, 1.54) is 11.1 Å². The molecule has 20 heavy (non-hydrogen) atoms. The molecule has 1 fully saturated rings. The van der Waals surface area contributed by atoms with Gasteiger partial charge in [-0.1, -0.05) is 13.0 Å². The molecule has 0 aromatic carbocycles. The van der Waals surface area contributed by atoms with Gasteiger partial charge in [-0.15, -0.1) is 0 Å². The van der Waals surface area contributed by atoms with E-state index in [-0.39, 0.29) is 6.04 Å². The van der Waals surface area contributed by atoms with Gasteiger partial charge in [-0.3, -0.25) is 0 Å². The third kappa shape index (κ3) is 3.49. The van der Waals surface area contributed by atoms with E-state index in [1.54, 1.807) is 0 Å². The minimum Gasteiger partial charge on any atom is -0.354 e. The van der Waals surface area contributed by atoms with Gasteiger partial charge in [0.2, 0.25) is 0 Å². The zero-order chi connectivity index (χ0) is 14.7. The summed E-state index contributed by atoms with van der Waals surface area (Å²) in [5.74, 6) is 1.14. The average Bonchev–Trinajstić information content (AvgIpc) is 2.42. The second kappa shape index (κ2) is 6.55. The molecule has 0 radical (unpaired) electrons. The van der Waals surface area contributed by atoms with Gasteiger partial charge in [-0.25, -0.2) is 4.98 Å². The maximum atomic E-state index is 6.03. The first kappa shape index (κ1) is 15.3. The summed E-state index contributed by atoms with van der Waals surface area (Å²) in [5.41, 5.74) is 8.54. The summed E-state index contributed by atoms with van der Waals surface area (Å²) in [6.07, 6.45) is 3.93. The number of aromatic nitrogens is 1. The fourth-order valence-electron chi connectivity index (χ4n) is 2.76. The van der Waals surface area contributed by atoms with Gasteiger partial charge in [0.25, 0.3) is 0 Å². The van der Waals surface area contributed by atoms with E-state index in [1.807, 2.05) is 6.20 Å². The van der Waals surface area contributed by atoms with Crippen LogP contribution in [0.2, 0.25) is 0 Å². The second-order valence-corrected chi connectivity index (χ2v) is 6.13. The van der Waals surface area contributed by atoms with E-state index in [0.717, 1.165) is 38.3 Å². The highest BCUT2D eigenvalue weighted by Gasteiger charge is 2.22. The Morgan fingerprint density at radius 3 is 2.80 bits per heavy atom. The topological polar surface area (TPSA) is 45.4 Å². The first-order chi connectivity index (χ1) is 9.51. The summed E-state index contributed by atoms with van der Waals surface area (Å²) in [6.45, 7) is 9.78. The SMILES string of the molecule is CCC(N)Cc1cnc(N2CCN(C)C(C)C2)c(C)c1. The normalized spacial score (nSPS) is 22.1. The van der Waals surface area contributed by atoms with Gasteiger partial charge in [0, 0.05) is 37.9 Å². The van der Waals surface area contributed by atoms with E-state index in [4.69, 9.17) is 10.7 Å². The van der Waals surface area contributed by atoms with Gasteiger partial charge in [-0.2, -0.15) is 0 Å². The minimum absolute atomic E-state index is 0.241. The van der Waals surface area contributed by atoms with Crippen molar-refractivity contribution in [3.63, 3.8) is 0 Å². The Morgan fingerprint density at radius 1 is 1.45 bits per heavy atom. The summed E-state index contributed by atoms with van der Waals surface area (Å²) in [6, 6.07) is 3.07. The number of hydrogen-bond acceptors (Lipinski definition) is 4. The predicted octanol–water partition coefficient (Wildman–Crippen LogP) is 1.81. The van der Waals surface area contributed by atoms with Crippen LogP contribution in [0.3, 0.4) is 0 Å². The van der Waals surface area contributed by atoms with Crippen LogP contribution >= 0.6 is 0 Å². The predicted molar refractivity (Wildman–Crippen MR) is 85.2 cm³/mol. The quantitative estimate of drug-likeness (QED) is 0.911. The number of pyridine rings is 1. The maximum absolute atomic E-state index is 6.03. The summed E-state index contributed by atoms with van der Waals surface area (Å²) in [5, 5.41) is 0. The van der Waals surface area contributed by atoms with E-state index < -0.39 is 0 Å². The van der Waals surface area contributed by atoms with Crippen molar-refractivity contribution in [3.8, 4) is 0 Å². The molecule has 0 aliphatic carbocycles. The standard InChI is InChI=1S/C16H28N4/c1-5-15(17)9-14-8-12(2)16(18-10-14)20-7-6-19(4)13(3)11-20/h8,10,13,15H,5-7,9,11,17H2,1-4H3. The van der Waals surface area contributed by atoms with E-state index in [9.17, 15) is 0 Å². The highest BCUT2D eigenvalue weighted by atomic mass is 15.3. The van der Waals surface area contributed by atoms with Gasteiger partial charge >= 0.3 is 0 Å². The molecule has 2 unspecified atom stereocenters. The van der Waals surface area contributed by atoms with Crippen LogP contribution in [-0.4, -0.2) is 48.6 Å². The van der Waals surface area contributed by atoms with E-state index in [0.29, 0.717) is 6.04 Å². The van der Waals surface area contributed by atoms with Crippen LogP contribution in [0.5, 0.6) is 0 Å². The Bertz CT molecular complexity index is 446. The third-order valence-corrected chi connectivity index (χ3v) is 4.39. The fraction of sp³-hybridized carbons (Fsp3) is 0.688. The smallest absolute Gasteiger partial charge is 0.131 e. The molecule has 0 bridgehead atoms. The largest absolute Gasteiger partial charge is 0.354 e. The lowest BCUT2D eigenvalue weighted by molar-refractivity contribution is 0.233. The van der Waals surface area contributed by atoms with Gasteiger partial charge in [0.05, 0.1) is 0 Å². The number of nitrogens with two attached hydrogens (primary N) is 1. The van der Waals surface area contributed by atoms with Crippen LogP contribution in [0.15, 0.2) is 12.3 Å². The lowest BCUT2D eigenvalue weighted by Gasteiger charge is -2.38. The molecule has 1 aliphatic rings. The molecule has 4 heteroatoms. The van der Waals surface area contributed by atoms with Crippen molar-refractivity contribution in [1.82, 2.24) is 9.88 Å². The molecule has 2 atom stereocenters. The number of nitrogens with zero attached hydrogens (tertiary/aromatic N) is 3. The Hall–Kier alpha value is -1.13. The molecule has 0 spiro atoms. The van der Waals surface area contributed by atoms with Crippen LogP contribution < -0.4 is 10.6 Å². The fourth-order valence-corrected chi connectivity index (χ4v) is 2.76. The molecule has 1 saturated heterocycles. The summed E-state index contributed by atoms with van der Waals surface area (Å²) in [7, 11) is 2.19. The van der Waals surface area contributed by atoms with Crippen molar-refractivity contribution >= 4 is 5.82 Å². The zero-order valence-electron chi connectivity index (χ0n) is 13.3. The lowest BCUT2D eigenvalue weighted by atomic mass is 10.0. The van der Waals surface area contributed by atoms with Crippen molar-refractivity contribution in [3.05, 3.63) is 23.4 Å². The molecule has 2 rings (SSSR count). The first-order valence-electron chi connectivity index (χ1n) is 7.67. The zero-order valence-corrected chi connectivity index (χ0v) is 13.3. The second-order valence-electron chi connectivity index (χ2n) is 6.13. The van der Waals surface area contributed by atoms with Crippen LogP contribution in [0.1, 0.15) is 31.4 Å². The minimum atomic E-state index is 0.241. The van der Waals surface area contributed by atoms with Crippen molar-refractivity contribution in [1.29, 1.82) is 0 Å². The number of anilines is 1. The maximum Gasteiger partial charge on any atom is 0.131 e. The molecular weight excluding hydrogens is 248 g/mol. The molecule has 1 aromatic rings. The summed E-state index contributed by atoms with van der Waals surface area (Å²) in [4.78, 5) is 9.51. The van der Waals surface area contributed by atoms with E-state index >= 15 is 0 Å². The van der Waals surface area contributed by atoms with Crippen molar-refractivity contribution in [2.75, 3.05) is 31.6 Å². The van der Waals surface area contributed by atoms with Crippen LogP contribution in [0, 0.1) is 6.92 Å². The van der Waals surface area contributed by atoms with Crippen molar-refractivity contribution in [2.45, 2.75) is 45.7 Å². The lowest BCUT2D eigenvalue weighted by Crippen LogP contribution is -2.50. The van der Waals surface area contributed by atoms with Crippen molar-refractivity contribution in [2.24, 2.45) is 5.73 Å². The van der Waals surface area contributed by atoms with Gasteiger partial charge in [-0.05, 0) is 44.9 Å². The molecule has 4 nitrogen and oxygen atoms in total. The number of piperazine rings is 1. The Kier molecular flexibility index (Phi) is 5.00. The van der Waals surface area contributed by atoms with Crippen LogP contribution in [-0.2, 0) is 6.42 Å². The molecule has 112 valence electrons. The van der Waals surface area contributed by atoms with Crippen LogP contribution in [0.4, 0.5) is 5.82 Å². The number of likely N-dealkylation sites (N-methyl/N-ethyl adjacent to an activating group) is 1. The average molecular weight is 276 g/mol. The molecule has 1 aromatic heterocycles. The summed E-state index contributed by atoms with van der Waals surface area (Å²) >= 11 is 0. The van der Waals surface area contributed by atoms with Crippen LogP contribution in [0.25, 0.3) is 0 Å². The molecular formula is C16H28N4. The third-order valence-electron chi connectivity index (χ3n) is 4.39. The van der Waals surface area contributed by atoms with Crippen molar-refractivity contribution < 1.29 is 0 Å². The highest BCUT2D eigenvalue weighted by Crippen LogP contribution is 2.21. The molecule has 1 aliphatic heterocycles. The molecule has 0 saturated carbocycles. The molecule has 2 heterocycles. The van der Waals surface area contributed by atoms with Gasteiger partial charge < -0.3 is 15.5 Å². The Balaban J connectivity index is 2.09. The Labute approximate surface area is 123 Å². The first-order valence-corrected chi connectivity index (χ1v) is 7.67. The Morgan fingerprint density at radius 2 is 2.20 bits per heavy atom. The molecule has 0 amide bonds. The number of hydrogen-bond donors (Lipinski definition) is 1.